The monoisotopic (exact) mass is 463 g/mol. The number of carboxylic acids is 1. The highest BCUT2D eigenvalue weighted by atomic mass is 16.4. The van der Waals surface area contributed by atoms with Crippen LogP contribution in [-0.2, 0) is 20.8 Å². The van der Waals surface area contributed by atoms with Gasteiger partial charge in [-0.2, -0.15) is 0 Å². The number of fused-ring (bicyclic) bond motifs is 2. The van der Waals surface area contributed by atoms with E-state index in [2.05, 4.69) is 15.3 Å². The maximum absolute atomic E-state index is 13.3. The Morgan fingerprint density at radius 2 is 1.65 bits per heavy atom. The Kier molecular flexibility index (Phi) is 6.00. The average Bonchev–Trinajstić information content (AvgIpc) is 3.20. The van der Waals surface area contributed by atoms with Gasteiger partial charge in [0, 0.05) is 23.5 Å². The van der Waals surface area contributed by atoms with Crippen LogP contribution < -0.4 is 22.3 Å². The van der Waals surface area contributed by atoms with E-state index in [1.807, 2.05) is 18.2 Å². The SMILES string of the molecule is NC(=O)C[C@H](NC(=O)[C@@H](Cc1c[nH]c2ccccc12)n1c(=O)[nH]c2ccccc2c1=O)C(=O)O. The number of hydrogen-bond donors (Lipinski definition) is 5. The number of rotatable bonds is 8. The highest BCUT2D eigenvalue weighted by Crippen LogP contribution is 2.22. The zero-order valence-electron chi connectivity index (χ0n) is 17.8. The number of nitrogens with zero attached hydrogens (tertiary/aromatic N) is 1. The maximum Gasteiger partial charge on any atom is 0.329 e. The Bertz CT molecular complexity index is 1530. The van der Waals surface area contributed by atoms with Crippen molar-refractivity contribution in [1.29, 1.82) is 0 Å². The molecular formula is C23H21N5O6. The Hall–Kier alpha value is -4.67. The molecule has 0 saturated carbocycles. The molecule has 2 atom stereocenters. The Balaban J connectivity index is 1.83. The molecule has 174 valence electrons. The van der Waals surface area contributed by atoms with E-state index in [1.165, 1.54) is 6.07 Å². The number of amides is 2. The summed E-state index contributed by atoms with van der Waals surface area (Å²) in [4.78, 5) is 68.0. The standard InChI is InChI=1S/C23H21N5O6/c24-19(29)10-17(22(32)33)26-20(30)18(9-12-11-25-15-7-3-1-5-13(12)15)28-21(31)14-6-2-4-8-16(14)27-23(28)34/h1-8,11,17-18,25H,9-10H2,(H2,24,29)(H,26,30)(H,27,34)(H,32,33)/t17-,18+/m0/s1. The Morgan fingerprint density at radius 3 is 2.32 bits per heavy atom. The lowest BCUT2D eigenvalue weighted by Crippen LogP contribution is -2.50. The third-order valence-corrected chi connectivity index (χ3v) is 5.56. The molecule has 0 aliphatic rings. The van der Waals surface area contributed by atoms with Crippen LogP contribution in [0.25, 0.3) is 21.8 Å². The molecule has 2 heterocycles. The van der Waals surface area contributed by atoms with Crippen molar-refractivity contribution in [3.63, 3.8) is 0 Å². The number of aromatic amines is 2. The van der Waals surface area contributed by atoms with Crippen molar-refractivity contribution < 1.29 is 19.5 Å². The van der Waals surface area contributed by atoms with Gasteiger partial charge in [0.05, 0.1) is 17.3 Å². The van der Waals surface area contributed by atoms with E-state index < -0.39 is 47.5 Å². The number of para-hydroxylation sites is 2. The molecule has 11 heteroatoms. The molecule has 11 nitrogen and oxygen atoms in total. The van der Waals surface area contributed by atoms with Crippen LogP contribution in [0.1, 0.15) is 18.0 Å². The number of nitrogens with two attached hydrogens (primary N) is 1. The van der Waals surface area contributed by atoms with Gasteiger partial charge in [0.25, 0.3) is 5.56 Å². The minimum atomic E-state index is -1.62. The minimum absolute atomic E-state index is 0.0971. The van der Waals surface area contributed by atoms with Gasteiger partial charge in [-0.15, -0.1) is 0 Å². The highest BCUT2D eigenvalue weighted by Gasteiger charge is 2.30. The van der Waals surface area contributed by atoms with Crippen molar-refractivity contribution in [2.75, 3.05) is 0 Å². The molecule has 6 N–H and O–H groups in total. The molecule has 34 heavy (non-hydrogen) atoms. The van der Waals surface area contributed by atoms with E-state index >= 15 is 0 Å². The van der Waals surface area contributed by atoms with Crippen LogP contribution in [-0.4, -0.2) is 43.5 Å². The molecule has 0 saturated heterocycles. The summed E-state index contributed by atoms with van der Waals surface area (Å²) in [6, 6.07) is 10.6. The largest absolute Gasteiger partial charge is 0.480 e. The van der Waals surface area contributed by atoms with Crippen molar-refractivity contribution in [2.24, 2.45) is 5.73 Å². The second-order valence-electron chi connectivity index (χ2n) is 7.80. The lowest BCUT2D eigenvalue weighted by molar-refractivity contribution is -0.143. The zero-order valence-corrected chi connectivity index (χ0v) is 17.8. The molecule has 0 unspecified atom stereocenters. The number of H-pyrrole nitrogens is 2. The van der Waals surface area contributed by atoms with E-state index in [-0.39, 0.29) is 11.8 Å². The van der Waals surface area contributed by atoms with Crippen LogP contribution in [0.2, 0.25) is 0 Å². The number of carboxylic acid groups (broad SMARTS) is 1. The summed E-state index contributed by atoms with van der Waals surface area (Å²) in [6.45, 7) is 0. The molecule has 4 rings (SSSR count). The predicted octanol–water partition coefficient (Wildman–Crippen LogP) is 0.400. The summed E-state index contributed by atoms with van der Waals surface area (Å²) in [5, 5.41) is 12.6. The molecule has 0 fully saturated rings. The molecule has 0 aliphatic heterocycles. The third kappa shape index (κ3) is 4.31. The van der Waals surface area contributed by atoms with Crippen LogP contribution in [0, 0.1) is 0 Å². The van der Waals surface area contributed by atoms with Gasteiger partial charge >= 0.3 is 11.7 Å². The lowest BCUT2D eigenvalue weighted by Gasteiger charge is -2.21. The normalized spacial score (nSPS) is 12.9. The molecule has 2 aromatic heterocycles. The zero-order chi connectivity index (χ0) is 24.4. The molecule has 0 bridgehead atoms. The van der Waals surface area contributed by atoms with Crippen LogP contribution >= 0.6 is 0 Å². The van der Waals surface area contributed by atoms with Gasteiger partial charge in [0.1, 0.15) is 12.1 Å². The van der Waals surface area contributed by atoms with Gasteiger partial charge in [-0.1, -0.05) is 30.3 Å². The fourth-order valence-corrected chi connectivity index (χ4v) is 3.94. The molecule has 0 aliphatic carbocycles. The van der Waals surface area contributed by atoms with Crippen LogP contribution in [0.3, 0.4) is 0 Å². The quantitative estimate of drug-likeness (QED) is 0.252. The number of carbonyl (C=O) groups is 3. The molecule has 2 amide bonds. The first-order valence-electron chi connectivity index (χ1n) is 10.4. The summed E-state index contributed by atoms with van der Waals surface area (Å²) < 4.78 is 0.766. The van der Waals surface area contributed by atoms with Gasteiger partial charge in [-0.3, -0.25) is 14.4 Å². The van der Waals surface area contributed by atoms with Gasteiger partial charge in [0.2, 0.25) is 11.8 Å². The first-order chi connectivity index (χ1) is 16.3. The molecule has 0 radical (unpaired) electrons. The lowest BCUT2D eigenvalue weighted by atomic mass is 10.0. The van der Waals surface area contributed by atoms with Crippen molar-refractivity contribution in [3.05, 3.63) is 81.1 Å². The average molecular weight is 463 g/mol. The fourth-order valence-electron chi connectivity index (χ4n) is 3.94. The molecule has 0 spiro atoms. The first-order valence-corrected chi connectivity index (χ1v) is 10.4. The molecular weight excluding hydrogens is 442 g/mol. The van der Waals surface area contributed by atoms with Gasteiger partial charge in [-0.25, -0.2) is 14.2 Å². The second-order valence-corrected chi connectivity index (χ2v) is 7.80. The number of hydrogen-bond acceptors (Lipinski definition) is 5. The minimum Gasteiger partial charge on any atom is -0.480 e. The van der Waals surface area contributed by atoms with Crippen molar-refractivity contribution in [1.82, 2.24) is 19.9 Å². The maximum atomic E-state index is 13.3. The smallest absolute Gasteiger partial charge is 0.329 e. The van der Waals surface area contributed by atoms with Gasteiger partial charge in [0.15, 0.2) is 0 Å². The summed E-state index contributed by atoms with van der Waals surface area (Å²) in [6.07, 6.45) is 0.910. The van der Waals surface area contributed by atoms with Gasteiger partial charge in [-0.05, 0) is 23.8 Å². The van der Waals surface area contributed by atoms with Crippen molar-refractivity contribution in [3.8, 4) is 0 Å². The van der Waals surface area contributed by atoms with Crippen LogP contribution in [0.5, 0.6) is 0 Å². The van der Waals surface area contributed by atoms with Crippen molar-refractivity contribution in [2.45, 2.75) is 24.9 Å². The predicted molar refractivity (Wildman–Crippen MR) is 123 cm³/mol. The van der Waals surface area contributed by atoms with Crippen LogP contribution in [0.4, 0.5) is 0 Å². The van der Waals surface area contributed by atoms with Crippen molar-refractivity contribution >= 4 is 39.6 Å². The highest BCUT2D eigenvalue weighted by molar-refractivity contribution is 5.90. The number of aromatic nitrogens is 3. The summed E-state index contributed by atoms with van der Waals surface area (Å²) in [7, 11) is 0. The third-order valence-electron chi connectivity index (χ3n) is 5.56. The number of aliphatic carboxylic acids is 1. The second kappa shape index (κ2) is 9.06. The van der Waals surface area contributed by atoms with E-state index in [4.69, 9.17) is 5.73 Å². The van der Waals surface area contributed by atoms with Gasteiger partial charge < -0.3 is 26.1 Å². The van der Waals surface area contributed by atoms with E-state index in [1.54, 1.807) is 30.5 Å². The molecule has 4 aromatic rings. The Morgan fingerprint density at radius 1 is 1.00 bits per heavy atom. The summed E-state index contributed by atoms with van der Waals surface area (Å²) >= 11 is 0. The fraction of sp³-hybridized carbons (Fsp3) is 0.174. The topological polar surface area (TPSA) is 180 Å². The Labute approximate surface area is 191 Å². The van der Waals surface area contributed by atoms with Crippen LogP contribution in [0.15, 0.2) is 64.3 Å². The van der Waals surface area contributed by atoms with E-state index in [0.717, 1.165) is 15.5 Å². The first kappa shape index (κ1) is 22.5. The number of nitrogens with one attached hydrogen (secondary N) is 3. The number of carbonyl (C=O) groups excluding carboxylic acids is 2. The van der Waals surface area contributed by atoms with E-state index in [0.29, 0.717) is 11.1 Å². The molecule has 2 aromatic carbocycles. The number of primary amides is 1. The summed E-state index contributed by atoms with van der Waals surface area (Å²) in [5.74, 6) is -3.32. The number of benzene rings is 2. The summed E-state index contributed by atoms with van der Waals surface area (Å²) in [5.41, 5.74) is 5.30. The van der Waals surface area contributed by atoms with E-state index in [9.17, 15) is 29.1 Å².